The van der Waals surface area contributed by atoms with Crippen LogP contribution in [0.1, 0.15) is 51.9 Å². The molecule has 8 nitrogen and oxygen atoms in total. The van der Waals surface area contributed by atoms with Gasteiger partial charge >= 0.3 is 0 Å². The van der Waals surface area contributed by atoms with E-state index in [-0.39, 0.29) is 12.5 Å². The Labute approximate surface area is 221 Å². The fraction of sp³-hybridized carbons (Fsp3) is 0.958. The van der Waals surface area contributed by atoms with Crippen LogP contribution >= 0.6 is 23.4 Å². The van der Waals surface area contributed by atoms with Gasteiger partial charge in [0, 0.05) is 5.92 Å². The van der Waals surface area contributed by atoms with E-state index in [2.05, 4.69) is 16.0 Å². The summed E-state index contributed by atoms with van der Waals surface area (Å²) in [6.45, 7) is 2.66. The summed E-state index contributed by atoms with van der Waals surface area (Å²) in [5.41, 5.74) is -0.755. The van der Waals surface area contributed by atoms with Gasteiger partial charge in [-0.1, -0.05) is 0 Å². The highest BCUT2D eigenvalue weighted by atomic mass is 35.5. The molecular weight excluding hydrogens is 516 g/mol. The molecule has 36 heavy (non-hydrogen) atoms. The molecule has 3 aliphatic rings. The molecule has 210 valence electrons. The number of alkyl halides is 3. The number of halogens is 3. The fourth-order valence-electron chi connectivity index (χ4n) is 5.13. The van der Waals surface area contributed by atoms with E-state index in [0.29, 0.717) is 38.3 Å². The fourth-order valence-corrected chi connectivity index (χ4v) is 6.02. The highest BCUT2D eigenvalue weighted by molar-refractivity contribution is 7.99. The van der Waals surface area contributed by atoms with Crippen LogP contribution in [0.15, 0.2) is 0 Å². The van der Waals surface area contributed by atoms with Gasteiger partial charge in [-0.05, 0) is 77.1 Å². The first-order chi connectivity index (χ1) is 17.0. The molecular formula is C24H42ClF2N3O5S. The minimum absolute atomic E-state index is 0.251. The van der Waals surface area contributed by atoms with E-state index in [1.165, 1.54) is 11.8 Å². The van der Waals surface area contributed by atoms with Gasteiger partial charge in [0.05, 0.1) is 24.0 Å². The highest BCUT2D eigenvalue weighted by Crippen LogP contribution is 2.42. The normalized spacial score (nSPS) is 35.6. The van der Waals surface area contributed by atoms with Gasteiger partial charge in [-0.2, -0.15) is 0 Å². The molecule has 1 aliphatic carbocycles. The molecule has 9 atom stereocenters. The lowest BCUT2D eigenvalue weighted by atomic mass is 9.92. The largest absolute Gasteiger partial charge is 0.388 e. The number of thioether (sulfide) groups is 1. The SMILES string of the molecule is CSC1OC(C(NC(=O)C2CCC(CCCNCC(F)(F)C3CC3)CCN2)C(C)Cl)C(O)C(O)C1O. The van der Waals surface area contributed by atoms with E-state index in [1.54, 1.807) is 13.2 Å². The number of hydrogen-bond donors (Lipinski definition) is 6. The summed E-state index contributed by atoms with van der Waals surface area (Å²) in [6, 6.07) is -1.21. The van der Waals surface area contributed by atoms with Crippen molar-refractivity contribution in [3.8, 4) is 0 Å². The molecule has 3 fully saturated rings. The molecule has 6 N–H and O–H groups in total. The van der Waals surface area contributed by atoms with Crippen LogP contribution in [0.5, 0.6) is 0 Å². The standard InChI is InChI=1S/C24H42ClF2N3O5S/c1-13(25)17(21-19(32)18(31)20(33)23(35-21)36-2)30-22(34)16-8-5-14(9-11-29-16)4-3-10-28-12-24(26,27)15-6-7-15/h13-21,23,28-29,31-33H,3-12H2,1-2H3,(H,30,34). The second-order valence-electron chi connectivity index (χ2n) is 10.5. The zero-order valence-electron chi connectivity index (χ0n) is 21.0. The van der Waals surface area contributed by atoms with Crippen molar-refractivity contribution in [1.29, 1.82) is 0 Å². The van der Waals surface area contributed by atoms with E-state index >= 15 is 0 Å². The number of carbonyl (C=O) groups is 1. The van der Waals surface area contributed by atoms with Crippen LogP contribution in [0.2, 0.25) is 0 Å². The lowest BCUT2D eigenvalue weighted by molar-refractivity contribution is -0.205. The molecule has 0 spiro atoms. The molecule has 0 aromatic heterocycles. The van der Waals surface area contributed by atoms with Gasteiger partial charge < -0.3 is 36.0 Å². The van der Waals surface area contributed by atoms with Gasteiger partial charge in [-0.3, -0.25) is 4.79 Å². The average Bonchev–Trinajstić information content (AvgIpc) is 3.69. The first kappa shape index (κ1) is 30.3. The van der Waals surface area contributed by atoms with Crippen LogP contribution in [-0.2, 0) is 9.53 Å². The van der Waals surface area contributed by atoms with Crippen molar-refractivity contribution in [2.45, 2.75) is 105 Å². The van der Waals surface area contributed by atoms with Crippen molar-refractivity contribution >= 4 is 29.3 Å². The molecule has 0 radical (unpaired) electrons. The van der Waals surface area contributed by atoms with Crippen molar-refractivity contribution in [2.24, 2.45) is 11.8 Å². The number of hydrogen-bond acceptors (Lipinski definition) is 8. The molecule has 0 bridgehead atoms. The lowest BCUT2D eigenvalue weighted by Crippen LogP contribution is -2.65. The van der Waals surface area contributed by atoms with E-state index in [9.17, 15) is 28.9 Å². The number of amides is 1. The Morgan fingerprint density at radius 2 is 1.89 bits per heavy atom. The van der Waals surface area contributed by atoms with E-state index < -0.39 is 59.2 Å². The maximum atomic E-state index is 13.8. The third-order valence-electron chi connectivity index (χ3n) is 7.62. The molecule has 12 heteroatoms. The first-order valence-electron chi connectivity index (χ1n) is 13.0. The Balaban J connectivity index is 1.44. The molecule has 9 unspecified atom stereocenters. The van der Waals surface area contributed by atoms with Crippen LogP contribution in [0, 0.1) is 11.8 Å². The monoisotopic (exact) mass is 557 g/mol. The van der Waals surface area contributed by atoms with Gasteiger partial charge in [-0.25, -0.2) is 8.78 Å². The molecule has 1 amide bonds. The van der Waals surface area contributed by atoms with Crippen molar-refractivity contribution in [3.05, 3.63) is 0 Å². The molecule has 0 aromatic rings. The van der Waals surface area contributed by atoms with Crippen LogP contribution in [0.4, 0.5) is 8.78 Å². The van der Waals surface area contributed by atoms with Crippen LogP contribution < -0.4 is 16.0 Å². The lowest BCUT2D eigenvalue weighted by Gasteiger charge is -2.44. The number of ether oxygens (including phenoxy) is 1. The number of aliphatic hydroxyl groups is 3. The highest BCUT2D eigenvalue weighted by Gasteiger charge is 2.48. The molecule has 3 rings (SSSR count). The summed E-state index contributed by atoms with van der Waals surface area (Å²) in [7, 11) is 0. The number of nitrogens with one attached hydrogen (secondary N) is 3. The Bertz CT molecular complexity index is 707. The summed E-state index contributed by atoms with van der Waals surface area (Å²) in [5.74, 6) is -2.89. The Hall–Kier alpha value is -0.270. The zero-order chi connectivity index (χ0) is 26.5. The smallest absolute Gasteiger partial charge is 0.263 e. The van der Waals surface area contributed by atoms with Crippen LogP contribution in [0.25, 0.3) is 0 Å². The quantitative estimate of drug-likeness (QED) is 0.157. The summed E-state index contributed by atoms with van der Waals surface area (Å²) < 4.78 is 33.3. The Morgan fingerprint density at radius 1 is 1.17 bits per heavy atom. The van der Waals surface area contributed by atoms with Crippen molar-refractivity contribution in [3.63, 3.8) is 0 Å². The molecule has 2 heterocycles. The molecule has 0 aromatic carbocycles. The minimum Gasteiger partial charge on any atom is -0.388 e. The van der Waals surface area contributed by atoms with Gasteiger partial charge in [-0.15, -0.1) is 23.4 Å². The topological polar surface area (TPSA) is 123 Å². The van der Waals surface area contributed by atoms with Gasteiger partial charge in [0.25, 0.3) is 5.92 Å². The zero-order valence-corrected chi connectivity index (χ0v) is 22.6. The van der Waals surface area contributed by atoms with E-state index in [4.69, 9.17) is 16.3 Å². The summed E-state index contributed by atoms with van der Waals surface area (Å²) >= 11 is 7.56. The molecule has 1 saturated carbocycles. The molecule has 2 saturated heterocycles. The number of aliphatic hydroxyl groups excluding tert-OH is 3. The van der Waals surface area contributed by atoms with Crippen LogP contribution in [-0.4, -0.2) is 100 Å². The van der Waals surface area contributed by atoms with Gasteiger partial charge in [0.1, 0.15) is 29.9 Å². The summed E-state index contributed by atoms with van der Waals surface area (Å²) in [5, 5.41) is 39.4. The Morgan fingerprint density at radius 3 is 2.53 bits per heavy atom. The maximum Gasteiger partial charge on any atom is 0.263 e. The van der Waals surface area contributed by atoms with Crippen molar-refractivity contribution in [1.82, 2.24) is 16.0 Å². The third-order valence-corrected chi connectivity index (χ3v) is 8.75. The number of rotatable bonds is 12. The Kier molecular flexibility index (Phi) is 11.5. The second-order valence-corrected chi connectivity index (χ2v) is 12.1. The van der Waals surface area contributed by atoms with Crippen molar-refractivity contribution < 1.29 is 33.6 Å². The van der Waals surface area contributed by atoms with E-state index in [1.807, 2.05) is 0 Å². The minimum atomic E-state index is -2.60. The predicted octanol–water partition coefficient (Wildman–Crippen LogP) is 1.44. The van der Waals surface area contributed by atoms with Crippen LogP contribution in [0.3, 0.4) is 0 Å². The van der Waals surface area contributed by atoms with Crippen molar-refractivity contribution in [2.75, 3.05) is 25.9 Å². The summed E-state index contributed by atoms with van der Waals surface area (Å²) in [4.78, 5) is 13.1. The summed E-state index contributed by atoms with van der Waals surface area (Å²) in [6.07, 6.45) is 2.02. The first-order valence-corrected chi connectivity index (χ1v) is 14.8. The average molecular weight is 558 g/mol. The predicted molar refractivity (Wildman–Crippen MR) is 136 cm³/mol. The number of carbonyl (C=O) groups excluding carboxylic acids is 1. The third kappa shape index (κ3) is 8.11. The maximum absolute atomic E-state index is 13.8. The molecule has 2 aliphatic heterocycles. The van der Waals surface area contributed by atoms with Gasteiger partial charge in [0.15, 0.2) is 0 Å². The van der Waals surface area contributed by atoms with Gasteiger partial charge in [0.2, 0.25) is 5.91 Å². The van der Waals surface area contributed by atoms with E-state index in [0.717, 1.165) is 25.7 Å². The second kappa shape index (κ2) is 13.7.